The molecule has 0 aromatic heterocycles. The molecule has 2 amide bonds. The Hall–Kier alpha value is -2.87. The van der Waals surface area contributed by atoms with Crippen LogP contribution in [0, 0.1) is 6.92 Å². The van der Waals surface area contributed by atoms with Gasteiger partial charge in [0.2, 0.25) is 5.91 Å². The molecule has 0 spiro atoms. The highest BCUT2D eigenvalue weighted by Crippen LogP contribution is 2.26. The molecule has 0 saturated carbocycles. The van der Waals surface area contributed by atoms with Gasteiger partial charge in [-0.15, -0.1) is 0 Å². The summed E-state index contributed by atoms with van der Waals surface area (Å²) in [6.07, 6.45) is 1.42. The number of sulfonamides is 1. The minimum Gasteiger partial charge on any atom is -0.350 e. The Balaban J connectivity index is 1.73. The van der Waals surface area contributed by atoms with E-state index in [-0.39, 0.29) is 16.7 Å². The summed E-state index contributed by atoms with van der Waals surface area (Å²) < 4.78 is 27.0. The third-order valence-electron chi connectivity index (χ3n) is 5.05. The molecule has 2 aromatic carbocycles. The molecule has 1 aliphatic heterocycles. The lowest BCUT2D eigenvalue weighted by atomic mass is 10.1. The van der Waals surface area contributed by atoms with Crippen LogP contribution < -0.4 is 9.62 Å². The number of nitrogens with one attached hydrogen (secondary N) is 1. The highest BCUT2D eigenvalue weighted by atomic mass is 32.2. The maximum Gasteiger partial charge on any atom is 0.264 e. The molecule has 2 aromatic rings. The van der Waals surface area contributed by atoms with Crippen LogP contribution in [0.2, 0.25) is 0 Å². The van der Waals surface area contributed by atoms with Crippen LogP contribution in [-0.4, -0.2) is 51.8 Å². The van der Waals surface area contributed by atoms with Gasteiger partial charge in [-0.2, -0.15) is 0 Å². The molecule has 1 heterocycles. The highest BCUT2D eigenvalue weighted by Gasteiger charge is 2.23. The number of benzene rings is 2. The maximum absolute atomic E-state index is 12.9. The van der Waals surface area contributed by atoms with Crippen LogP contribution in [0.5, 0.6) is 0 Å². The predicted molar refractivity (Wildman–Crippen MR) is 111 cm³/mol. The first-order valence-corrected chi connectivity index (χ1v) is 11.0. The zero-order chi connectivity index (χ0) is 21.0. The Kier molecular flexibility index (Phi) is 6.22. The fraction of sp³-hybridized carbons (Fsp3) is 0.333. The van der Waals surface area contributed by atoms with E-state index in [1.165, 1.54) is 23.5 Å². The molecule has 0 atom stereocenters. The maximum atomic E-state index is 12.9. The van der Waals surface area contributed by atoms with Gasteiger partial charge in [-0.25, -0.2) is 8.42 Å². The minimum absolute atomic E-state index is 0.115. The highest BCUT2D eigenvalue weighted by molar-refractivity contribution is 7.92. The molecule has 0 radical (unpaired) electrons. The van der Waals surface area contributed by atoms with Gasteiger partial charge in [0.1, 0.15) is 0 Å². The van der Waals surface area contributed by atoms with E-state index in [4.69, 9.17) is 0 Å². The van der Waals surface area contributed by atoms with Crippen LogP contribution in [-0.2, 0) is 14.8 Å². The summed E-state index contributed by atoms with van der Waals surface area (Å²) in [6.45, 7) is 3.36. The molecular weight excluding hydrogens is 390 g/mol. The van der Waals surface area contributed by atoms with E-state index in [9.17, 15) is 18.0 Å². The SMILES string of the molecule is Cc1ccc(C(=O)NCCN2CCCC2=O)cc1N(C)S(=O)(=O)c1ccccc1. The van der Waals surface area contributed by atoms with Crippen LogP contribution in [0.25, 0.3) is 0 Å². The van der Waals surface area contributed by atoms with Crippen LogP contribution >= 0.6 is 0 Å². The van der Waals surface area contributed by atoms with Crippen LogP contribution in [0.15, 0.2) is 53.4 Å². The number of anilines is 1. The number of amides is 2. The van der Waals surface area contributed by atoms with E-state index in [2.05, 4.69) is 5.32 Å². The van der Waals surface area contributed by atoms with E-state index in [0.29, 0.717) is 30.8 Å². The minimum atomic E-state index is -3.73. The first-order valence-electron chi connectivity index (χ1n) is 9.51. The van der Waals surface area contributed by atoms with Crippen LogP contribution in [0.1, 0.15) is 28.8 Å². The van der Waals surface area contributed by atoms with Gasteiger partial charge in [0, 0.05) is 38.7 Å². The first kappa shape index (κ1) is 20.9. The van der Waals surface area contributed by atoms with E-state index >= 15 is 0 Å². The van der Waals surface area contributed by atoms with Gasteiger partial charge in [-0.05, 0) is 43.2 Å². The van der Waals surface area contributed by atoms with E-state index in [0.717, 1.165) is 18.5 Å². The van der Waals surface area contributed by atoms with Crippen molar-refractivity contribution in [2.24, 2.45) is 0 Å². The summed E-state index contributed by atoms with van der Waals surface area (Å²) in [4.78, 5) is 26.1. The fourth-order valence-electron chi connectivity index (χ4n) is 3.32. The summed E-state index contributed by atoms with van der Waals surface area (Å²) in [6, 6.07) is 13.1. The summed E-state index contributed by atoms with van der Waals surface area (Å²) in [5.41, 5.74) is 1.55. The van der Waals surface area contributed by atoms with Crippen molar-refractivity contribution in [1.29, 1.82) is 0 Å². The lowest BCUT2D eigenvalue weighted by molar-refractivity contribution is -0.127. The van der Waals surface area contributed by atoms with Crippen molar-refractivity contribution < 1.29 is 18.0 Å². The predicted octanol–water partition coefficient (Wildman–Crippen LogP) is 2.17. The van der Waals surface area contributed by atoms with E-state index in [1.807, 2.05) is 0 Å². The molecule has 154 valence electrons. The Bertz CT molecular complexity index is 1010. The lowest BCUT2D eigenvalue weighted by Crippen LogP contribution is -2.35. The fourth-order valence-corrected chi connectivity index (χ4v) is 4.59. The van der Waals surface area contributed by atoms with Crippen LogP contribution in [0.4, 0.5) is 5.69 Å². The largest absolute Gasteiger partial charge is 0.350 e. The number of aryl methyl sites for hydroxylation is 1. The molecule has 7 nitrogen and oxygen atoms in total. The second-order valence-electron chi connectivity index (χ2n) is 7.03. The number of carbonyl (C=O) groups is 2. The smallest absolute Gasteiger partial charge is 0.264 e. The normalized spacial score (nSPS) is 14.1. The van der Waals surface area contributed by atoms with Crippen molar-refractivity contribution in [3.8, 4) is 0 Å². The standard InChI is InChI=1S/C21H25N3O4S/c1-16-10-11-17(21(26)22-12-14-24-13-6-9-20(24)25)15-19(16)23(2)29(27,28)18-7-4-3-5-8-18/h3-5,7-8,10-11,15H,6,9,12-14H2,1-2H3,(H,22,26). The van der Waals surface area contributed by atoms with Crippen molar-refractivity contribution in [2.75, 3.05) is 31.0 Å². The molecule has 8 heteroatoms. The molecule has 0 bridgehead atoms. The van der Waals surface area contributed by atoms with Crippen molar-refractivity contribution in [3.05, 3.63) is 59.7 Å². The third-order valence-corrected chi connectivity index (χ3v) is 6.84. The Morgan fingerprint density at radius 1 is 1.17 bits per heavy atom. The summed E-state index contributed by atoms with van der Waals surface area (Å²) in [5.74, 6) is -0.187. The average molecular weight is 416 g/mol. The number of hydrogen-bond acceptors (Lipinski definition) is 4. The van der Waals surface area contributed by atoms with Crippen molar-refractivity contribution in [1.82, 2.24) is 10.2 Å². The Labute approximate surface area is 171 Å². The van der Waals surface area contributed by atoms with E-state index < -0.39 is 10.0 Å². The number of hydrogen-bond donors (Lipinski definition) is 1. The van der Waals surface area contributed by atoms with Crippen molar-refractivity contribution >= 4 is 27.5 Å². The van der Waals surface area contributed by atoms with Crippen LogP contribution in [0.3, 0.4) is 0 Å². The monoisotopic (exact) mass is 415 g/mol. The molecular formula is C21H25N3O4S. The van der Waals surface area contributed by atoms with Crippen molar-refractivity contribution in [3.63, 3.8) is 0 Å². The number of likely N-dealkylation sites (tertiary alicyclic amines) is 1. The van der Waals surface area contributed by atoms with Gasteiger partial charge in [0.25, 0.3) is 15.9 Å². The topological polar surface area (TPSA) is 86.8 Å². The molecule has 1 N–H and O–H groups in total. The molecule has 1 fully saturated rings. The molecule has 1 saturated heterocycles. The Morgan fingerprint density at radius 3 is 2.55 bits per heavy atom. The molecule has 29 heavy (non-hydrogen) atoms. The van der Waals surface area contributed by atoms with Gasteiger partial charge < -0.3 is 10.2 Å². The van der Waals surface area contributed by atoms with Gasteiger partial charge in [-0.3, -0.25) is 13.9 Å². The summed E-state index contributed by atoms with van der Waals surface area (Å²) >= 11 is 0. The molecule has 0 unspecified atom stereocenters. The molecule has 3 rings (SSSR count). The molecule has 1 aliphatic rings. The zero-order valence-electron chi connectivity index (χ0n) is 16.6. The summed E-state index contributed by atoms with van der Waals surface area (Å²) in [5, 5.41) is 2.80. The lowest BCUT2D eigenvalue weighted by Gasteiger charge is -2.22. The van der Waals surface area contributed by atoms with Crippen molar-refractivity contribution in [2.45, 2.75) is 24.7 Å². The first-order chi connectivity index (χ1) is 13.8. The van der Waals surface area contributed by atoms with Gasteiger partial charge in [0.05, 0.1) is 10.6 Å². The Morgan fingerprint density at radius 2 is 1.90 bits per heavy atom. The van der Waals surface area contributed by atoms with Gasteiger partial charge >= 0.3 is 0 Å². The van der Waals surface area contributed by atoms with Gasteiger partial charge in [0.15, 0.2) is 0 Å². The number of carbonyl (C=O) groups excluding carboxylic acids is 2. The average Bonchev–Trinajstić information content (AvgIpc) is 3.13. The molecule has 0 aliphatic carbocycles. The quantitative estimate of drug-likeness (QED) is 0.751. The third kappa shape index (κ3) is 4.59. The second-order valence-corrected chi connectivity index (χ2v) is 9.00. The zero-order valence-corrected chi connectivity index (χ0v) is 17.4. The van der Waals surface area contributed by atoms with E-state index in [1.54, 1.807) is 48.2 Å². The second kappa shape index (κ2) is 8.65. The summed E-state index contributed by atoms with van der Waals surface area (Å²) in [7, 11) is -2.26. The number of nitrogens with zero attached hydrogens (tertiary/aromatic N) is 2. The number of rotatable bonds is 7. The van der Waals surface area contributed by atoms with Gasteiger partial charge in [-0.1, -0.05) is 24.3 Å².